The van der Waals surface area contributed by atoms with Gasteiger partial charge in [0.1, 0.15) is 5.56 Å². The second-order valence-electron chi connectivity index (χ2n) is 7.21. The fraction of sp³-hybridized carbons (Fsp3) is 0.174. The lowest BCUT2D eigenvalue weighted by Crippen LogP contribution is -2.29. The first-order chi connectivity index (χ1) is 13.9. The largest absolute Gasteiger partial charge is 0.325 e. The molecule has 0 spiro atoms. The van der Waals surface area contributed by atoms with E-state index in [1.165, 1.54) is 6.07 Å². The third-order valence-electron chi connectivity index (χ3n) is 5.34. The highest BCUT2D eigenvalue weighted by atomic mass is 35.5. The zero-order chi connectivity index (χ0) is 20.5. The number of aromatic amines is 1. The Labute approximate surface area is 172 Å². The second-order valence-corrected chi connectivity index (χ2v) is 7.62. The quantitative estimate of drug-likeness (QED) is 0.672. The molecule has 1 unspecified atom stereocenters. The van der Waals surface area contributed by atoms with E-state index in [-0.39, 0.29) is 17.3 Å². The minimum absolute atomic E-state index is 0.0145. The van der Waals surface area contributed by atoms with Crippen molar-refractivity contribution in [3.8, 4) is 0 Å². The number of nitrogens with one attached hydrogen (secondary N) is 2. The van der Waals surface area contributed by atoms with Gasteiger partial charge in [-0.05, 0) is 48.6 Å². The van der Waals surface area contributed by atoms with E-state index in [9.17, 15) is 14.4 Å². The maximum atomic E-state index is 12.7. The number of ketones is 1. The number of carbonyl (C=O) groups is 2. The Hall–Kier alpha value is -3.18. The molecule has 2 aromatic carbocycles. The fourth-order valence-electron chi connectivity index (χ4n) is 3.69. The zero-order valence-electron chi connectivity index (χ0n) is 15.8. The molecule has 0 fully saturated rings. The van der Waals surface area contributed by atoms with Crippen LogP contribution in [0.25, 0.3) is 0 Å². The number of anilines is 1. The van der Waals surface area contributed by atoms with Crippen LogP contribution in [0, 0.1) is 6.92 Å². The summed E-state index contributed by atoms with van der Waals surface area (Å²) >= 11 is 6.09. The third-order valence-corrected chi connectivity index (χ3v) is 5.75. The predicted molar refractivity (Wildman–Crippen MR) is 113 cm³/mol. The maximum Gasteiger partial charge on any atom is 0.261 e. The van der Waals surface area contributed by atoms with Gasteiger partial charge in [0.2, 0.25) is 0 Å². The minimum atomic E-state index is -0.572. The molecule has 0 bridgehead atoms. The van der Waals surface area contributed by atoms with E-state index >= 15 is 0 Å². The Morgan fingerprint density at radius 3 is 2.59 bits per heavy atom. The molecular formula is C23H19ClN2O3. The van der Waals surface area contributed by atoms with E-state index in [4.69, 9.17) is 11.6 Å². The van der Waals surface area contributed by atoms with Gasteiger partial charge in [-0.25, -0.2) is 0 Å². The molecule has 0 aliphatic heterocycles. The Balaban J connectivity index is 1.64. The third kappa shape index (κ3) is 3.74. The van der Waals surface area contributed by atoms with E-state index in [2.05, 4.69) is 10.3 Å². The van der Waals surface area contributed by atoms with Crippen molar-refractivity contribution in [1.29, 1.82) is 0 Å². The van der Waals surface area contributed by atoms with Crippen molar-refractivity contribution in [2.45, 2.75) is 25.7 Å². The average Bonchev–Trinajstić information content (AvgIpc) is 2.71. The second kappa shape index (κ2) is 7.68. The monoisotopic (exact) mass is 406 g/mol. The number of H-pyrrole nitrogens is 1. The van der Waals surface area contributed by atoms with Crippen molar-refractivity contribution >= 4 is 29.0 Å². The number of hydrogen-bond donors (Lipinski definition) is 2. The van der Waals surface area contributed by atoms with Gasteiger partial charge in [-0.3, -0.25) is 14.4 Å². The lowest BCUT2D eigenvalue weighted by atomic mass is 9.81. The summed E-state index contributed by atoms with van der Waals surface area (Å²) in [7, 11) is 0. The molecular weight excluding hydrogens is 388 g/mol. The first-order valence-electron chi connectivity index (χ1n) is 9.35. The van der Waals surface area contributed by atoms with Crippen LogP contribution in [0.4, 0.5) is 5.69 Å². The summed E-state index contributed by atoms with van der Waals surface area (Å²) in [5, 5.41) is 3.23. The highest BCUT2D eigenvalue weighted by Crippen LogP contribution is 2.31. The van der Waals surface area contributed by atoms with E-state index in [0.717, 1.165) is 5.56 Å². The van der Waals surface area contributed by atoms with Gasteiger partial charge < -0.3 is 10.3 Å². The van der Waals surface area contributed by atoms with Gasteiger partial charge >= 0.3 is 0 Å². The summed E-state index contributed by atoms with van der Waals surface area (Å²) in [6, 6.07) is 16.3. The highest BCUT2D eigenvalue weighted by molar-refractivity contribution is 6.31. The van der Waals surface area contributed by atoms with E-state index in [0.29, 0.717) is 40.4 Å². The fourth-order valence-corrected chi connectivity index (χ4v) is 3.87. The topological polar surface area (TPSA) is 79.0 Å². The molecule has 4 rings (SSSR count). The molecule has 1 heterocycles. The van der Waals surface area contributed by atoms with Gasteiger partial charge in [-0.1, -0.05) is 48.0 Å². The Morgan fingerprint density at radius 2 is 1.83 bits per heavy atom. The number of Topliss-reactive ketones (excluding diaryl/α,β-unsaturated/α-hetero) is 1. The maximum absolute atomic E-state index is 12.7. The van der Waals surface area contributed by atoms with Crippen LogP contribution in [0.2, 0.25) is 5.02 Å². The average molecular weight is 407 g/mol. The number of carbonyl (C=O) groups excluding carboxylic acids is 2. The minimum Gasteiger partial charge on any atom is -0.325 e. The predicted octanol–water partition coefficient (Wildman–Crippen LogP) is 4.50. The van der Waals surface area contributed by atoms with Gasteiger partial charge in [0.25, 0.3) is 11.5 Å². The van der Waals surface area contributed by atoms with Crippen molar-refractivity contribution in [3.63, 3.8) is 0 Å². The number of rotatable bonds is 3. The van der Waals surface area contributed by atoms with Crippen LogP contribution in [0.1, 0.15) is 49.9 Å². The van der Waals surface area contributed by atoms with E-state index in [1.54, 1.807) is 25.1 Å². The molecule has 3 aromatic rings. The van der Waals surface area contributed by atoms with Crippen LogP contribution in [-0.2, 0) is 6.42 Å². The number of amides is 1. The summed E-state index contributed by atoms with van der Waals surface area (Å²) in [5.74, 6) is -0.637. The number of hydrogen-bond acceptors (Lipinski definition) is 3. The number of benzene rings is 2. The molecule has 5 nitrogen and oxygen atoms in total. The first-order valence-corrected chi connectivity index (χ1v) is 9.72. The van der Waals surface area contributed by atoms with Crippen molar-refractivity contribution in [2.24, 2.45) is 0 Å². The molecule has 1 aliphatic carbocycles. The van der Waals surface area contributed by atoms with Crippen molar-refractivity contribution in [2.75, 3.05) is 5.32 Å². The molecule has 29 heavy (non-hydrogen) atoms. The summed E-state index contributed by atoms with van der Waals surface area (Å²) < 4.78 is 0. The van der Waals surface area contributed by atoms with Gasteiger partial charge in [0.05, 0.1) is 0 Å². The summed E-state index contributed by atoms with van der Waals surface area (Å²) in [6.45, 7) is 1.78. The number of halogens is 1. The van der Waals surface area contributed by atoms with Crippen LogP contribution in [0.15, 0.2) is 59.4 Å². The molecule has 146 valence electrons. The standard InChI is InChI=1S/C23H19ClN2O3/c1-13-18(24)8-5-9-19(13)25-22(28)17-12-16-20(26-23(17)29)10-15(11-21(16)27)14-6-3-2-4-7-14/h2-9,12,15H,10-11H2,1H3,(H,25,28)(H,26,29). The smallest absolute Gasteiger partial charge is 0.261 e. The SMILES string of the molecule is Cc1c(Cl)cccc1NC(=O)c1cc2c([nH]c1=O)CC(c1ccccc1)CC2=O. The highest BCUT2D eigenvalue weighted by Gasteiger charge is 2.28. The first kappa shape index (κ1) is 19.2. The number of aromatic nitrogens is 1. The molecule has 0 saturated carbocycles. The van der Waals surface area contributed by atoms with Gasteiger partial charge in [-0.15, -0.1) is 0 Å². The van der Waals surface area contributed by atoms with Gasteiger partial charge in [0, 0.05) is 28.4 Å². The number of pyridine rings is 1. The molecule has 1 amide bonds. The van der Waals surface area contributed by atoms with Gasteiger partial charge in [0.15, 0.2) is 5.78 Å². The van der Waals surface area contributed by atoms with Crippen LogP contribution in [0.5, 0.6) is 0 Å². The molecule has 0 saturated heterocycles. The summed E-state index contributed by atoms with van der Waals surface area (Å²) in [5.41, 5.74) is 2.68. The summed E-state index contributed by atoms with van der Waals surface area (Å²) in [6.07, 6.45) is 0.896. The molecule has 2 N–H and O–H groups in total. The van der Waals surface area contributed by atoms with Crippen molar-refractivity contribution < 1.29 is 9.59 Å². The lowest BCUT2D eigenvalue weighted by Gasteiger charge is -2.24. The van der Waals surface area contributed by atoms with Crippen LogP contribution < -0.4 is 10.9 Å². The zero-order valence-corrected chi connectivity index (χ0v) is 16.5. The lowest BCUT2D eigenvalue weighted by molar-refractivity contribution is 0.0963. The van der Waals surface area contributed by atoms with Crippen LogP contribution >= 0.6 is 11.6 Å². The summed E-state index contributed by atoms with van der Waals surface area (Å²) in [4.78, 5) is 40.8. The van der Waals surface area contributed by atoms with Gasteiger partial charge in [-0.2, -0.15) is 0 Å². The van der Waals surface area contributed by atoms with Crippen molar-refractivity contribution in [3.05, 3.63) is 97.9 Å². The Kier molecular flexibility index (Phi) is 5.07. The number of fused-ring (bicyclic) bond motifs is 1. The molecule has 1 aromatic heterocycles. The molecule has 0 radical (unpaired) electrons. The Bertz CT molecular complexity index is 1170. The molecule has 6 heteroatoms. The van der Waals surface area contributed by atoms with Crippen LogP contribution in [-0.4, -0.2) is 16.7 Å². The molecule has 1 aliphatic rings. The molecule has 1 atom stereocenters. The van der Waals surface area contributed by atoms with E-state index in [1.807, 2.05) is 30.3 Å². The van der Waals surface area contributed by atoms with E-state index < -0.39 is 11.5 Å². The van der Waals surface area contributed by atoms with Crippen LogP contribution in [0.3, 0.4) is 0 Å². The van der Waals surface area contributed by atoms with Crippen molar-refractivity contribution in [1.82, 2.24) is 4.98 Å². The normalized spacial score (nSPS) is 15.7. The Morgan fingerprint density at radius 1 is 1.07 bits per heavy atom.